The Bertz CT molecular complexity index is 535. The van der Waals surface area contributed by atoms with Gasteiger partial charge in [0.1, 0.15) is 0 Å². The smallest absolute Gasteiger partial charge is 0.213 e. The molecule has 1 aromatic carbocycles. The van der Waals surface area contributed by atoms with E-state index in [1.54, 1.807) is 13.3 Å². The fourth-order valence-electron chi connectivity index (χ4n) is 1.98. The van der Waals surface area contributed by atoms with E-state index in [9.17, 15) is 0 Å². The van der Waals surface area contributed by atoms with Crippen LogP contribution in [0.1, 0.15) is 18.5 Å². The number of methoxy groups -OCH3 is 1. The zero-order valence-electron chi connectivity index (χ0n) is 12.4. The Hall–Kier alpha value is -2.23. The quantitative estimate of drug-likeness (QED) is 0.905. The van der Waals surface area contributed by atoms with Crippen molar-refractivity contribution in [2.24, 2.45) is 0 Å². The van der Waals surface area contributed by atoms with E-state index < -0.39 is 0 Å². The summed E-state index contributed by atoms with van der Waals surface area (Å²) < 4.78 is 5.05. The highest BCUT2D eigenvalue weighted by molar-refractivity contribution is 5.49. The van der Waals surface area contributed by atoms with Crippen molar-refractivity contribution < 1.29 is 4.74 Å². The van der Waals surface area contributed by atoms with Crippen LogP contribution in [-0.4, -0.2) is 26.2 Å². The zero-order valence-corrected chi connectivity index (χ0v) is 12.4. The molecule has 0 fully saturated rings. The van der Waals surface area contributed by atoms with Crippen LogP contribution >= 0.6 is 0 Å². The Labute approximate surface area is 120 Å². The maximum atomic E-state index is 5.05. The zero-order chi connectivity index (χ0) is 14.5. The van der Waals surface area contributed by atoms with Gasteiger partial charge in [0.15, 0.2) is 0 Å². The van der Waals surface area contributed by atoms with Gasteiger partial charge in [0, 0.05) is 31.9 Å². The number of aromatic nitrogens is 1. The lowest BCUT2D eigenvalue weighted by molar-refractivity contribution is 0.398. The summed E-state index contributed by atoms with van der Waals surface area (Å²) in [5, 5.41) is 3.43. The Morgan fingerprint density at radius 3 is 2.30 bits per heavy atom. The minimum Gasteiger partial charge on any atom is -0.481 e. The summed E-state index contributed by atoms with van der Waals surface area (Å²) in [6.07, 6.45) is 1.78. The van der Waals surface area contributed by atoms with E-state index in [0.717, 1.165) is 5.69 Å². The van der Waals surface area contributed by atoms with Gasteiger partial charge in [-0.15, -0.1) is 0 Å². The van der Waals surface area contributed by atoms with Gasteiger partial charge in [-0.1, -0.05) is 12.1 Å². The summed E-state index contributed by atoms with van der Waals surface area (Å²) in [7, 11) is 5.70. The van der Waals surface area contributed by atoms with Gasteiger partial charge >= 0.3 is 0 Å². The molecule has 4 heteroatoms. The number of nitrogens with zero attached hydrogens (tertiary/aromatic N) is 2. The van der Waals surface area contributed by atoms with Crippen LogP contribution in [0.5, 0.6) is 5.88 Å². The number of ether oxygens (including phenoxy) is 1. The fraction of sp³-hybridized carbons (Fsp3) is 0.312. The van der Waals surface area contributed by atoms with E-state index in [0.29, 0.717) is 5.88 Å². The molecule has 1 heterocycles. The number of hydrogen-bond donors (Lipinski definition) is 1. The van der Waals surface area contributed by atoms with Gasteiger partial charge in [-0.3, -0.25) is 0 Å². The highest BCUT2D eigenvalue weighted by atomic mass is 16.5. The summed E-state index contributed by atoms with van der Waals surface area (Å²) in [5.74, 6) is 0.624. The third kappa shape index (κ3) is 3.41. The minimum atomic E-state index is 0.224. The molecule has 0 aliphatic carbocycles. The van der Waals surface area contributed by atoms with Crippen molar-refractivity contribution in [1.29, 1.82) is 0 Å². The predicted octanol–water partition coefficient (Wildman–Crippen LogP) is 3.33. The van der Waals surface area contributed by atoms with Crippen LogP contribution in [0.3, 0.4) is 0 Å². The maximum Gasteiger partial charge on any atom is 0.213 e. The first-order valence-electron chi connectivity index (χ1n) is 6.64. The van der Waals surface area contributed by atoms with Gasteiger partial charge in [-0.05, 0) is 30.7 Å². The van der Waals surface area contributed by atoms with Gasteiger partial charge in [-0.2, -0.15) is 0 Å². The number of anilines is 2. The lowest BCUT2D eigenvalue weighted by Gasteiger charge is -2.18. The van der Waals surface area contributed by atoms with Crippen LogP contribution in [0.2, 0.25) is 0 Å². The molecule has 1 N–H and O–H groups in total. The molecule has 0 saturated heterocycles. The van der Waals surface area contributed by atoms with E-state index >= 15 is 0 Å². The molecule has 4 nitrogen and oxygen atoms in total. The largest absolute Gasteiger partial charge is 0.481 e. The average molecular weight is 271 g/mol. The monoisotopic (exact) mass is 271 g/mol. The number of nitrogens with one attached hydrogen (secondary N) is 1. The first-order chi connectivity index (χ1) is 9.60. The molecule has 2 rings (SSSR count). The molecule has 0 saturated carbocycles. The van der Waals surface area contributed by atoms with E-state index in [-0.39, 0.29) is 6.04 Å². The van der Waals surface area contributed by atoms with Crippen molar-refractivity contribution in [3.63, 3.8) is 0 Å². The molecule has 1 atom stereocenters. The Kier molecular flexibility index (Phi) is 4.45. The molecule has 0 spiro atoms. The molecule has 1 aromatic heterocycles. The van der Waals surface area contributed by atoms with Crippen molar-refractivity contribution in [1.82, 2.24) is 4.98 Å². The molecule has 2 aromatic rings. The van der Waals surface area contributed by atoms with Crippen molar-refractivity contribution in [2.45, 2.75) is 13.0 Å². The summed E-state index contributed by atoms with van der Waals surface area (Å²) >= 11 is 0. The second kappa shape index (κ2) is 6.28. The summed E-state index contributed by atoms with van der Waals surface area (Å²) in [6.45, 7) is 2.13. The van der Waals surface area contributed by atoms with Gasteiger partial charge in [0.2, 0.25) is 5.88 Å². The van der Waals surface area contributed by atoms with E-state index in [4.69, 9.17) is 4.74 Å². The van der Waals surface area contributed by atoms with Crippen molar-refractivity contribution in [3.8, 4) is 5.88 Å². The molecular formula is C16H21N3O. The molecule has 0 aliphatic heterocycles. The van der Waals surface area contributed by atoms with Gasteiger partial charge < -0.3 is 15.0 Å². The Morgan fingerprint density at radius 1 is 1.10 bits per heavy atom. The Balaban J connectivity index is 2.04. The van der Waals surface area contributed by atoms with E-state index in [1.807, 2.05) is 26.2 Å². The van der Waals surface area contributed by atoms with Crippen LogP contribution in [0, 0.1) is 0 Å². The van der Waals surface area contributed by atoms with Crippen molar-refractivity contribution in [2.75, 3.05) is 31.4 Å². The predicted molar refractivity (Wildman–Crippen MR) is 83.6 cm³/mol. The third-order valence-corrected chi connectivity index (χ3v) is 3.24. The lowest BCUT2D eigenvalue weighted by atomic mass is 10.1. The number of benzene rings is 1. The minimum absolute atomic E-state index is 0.224. The summed E-state index contributed by atoms with van der Waals surface area (Å²) in [5.41, 5.74) is 3.42. The molecule has 106 valence electrons. The summed E-state index contributed by atoms with van der Waals surface area (Å²) in [6, 6.07) is 12.6. The maximum absolute atomic E-state index is 5.05. The fourth-order valence-corrected chi connectivity index (χ4v) is 1.98. The van der Waals surface area contributed by atoms with E-state index in [1.165, 1.54) is 11.3 Å². The van der Waals surface area contributed by atoms with Crippen LogP contribution in [0.25, 0.3) is 0 Å². The highest BCUT2D eigenvalue weighted by Crippen LogP contribution is 2.22. The summed E-state index contributed by atoms with van der Waals surface area (Å²) in [4.78, 5) is 6.28. The first-order valence-corrected chi connectivity index (χ1v) is 6.64. The topological polar surface area (TPSA) is 37.4 Å². The average Bonchev–Trinajstić information content (AvgIpc) is 2.48. The van der Waals surface area contributed by atoms with Crippen LogP contribution in [0.15, 0.2) is 42.6 Å². The van der Waals surface area contributed by atoms with Crippen molar-refractivity contribution >= 4 is 11.4 Å². The second-order valence-corrected chi connectivity index (χ2v) is 4.94. The lowest BCUT2D eigenvalue weighted by Crippen LogP contribution is -2.10. The first kappa shape index (κ1) is 14.2. The third-order valence-electron chi connectivity index (χ3n) is 3.24. The number of pyridine rings is 1. The normalized spacial score (nSPS) is 11.8. The van der Waals surface area contributed by atoms with E-state index in [2.05, 4.69) is 46.4 Å². The number of rotatable bonds is 5. The number of hydrogen-bond acceptors (Lipinski definition) is 4. The molecule has 20 heavy (non-hydrogen) atoms. The van der Waals surface area contributed by atoms with Crippen LogP contribution < -0.4 is 15.0 Å². The highest BCUT2D eigenvalue weighted by Gasteiger charge is 2.06. The van der Waals surface area contributed by atoms with Gasteiger partial charge in [0.25, 0.3) is 0 Å². The molecular weight excluding hydrogens is 250 g/mol. The van der Waals surface area contributed by atoms with Crippen LogP contribution in [0.4, 0.5) is 11.4 Å². The SMILES string of the molecule is COc1ccc(NC(C)c2ccc(N(C)C)cc2)cn1. The molecule has 0 bridgehead atoms. The van der Waals surface area contributed by atoms with Gasteiger partial charge in [0.05, 0.1) is 19.0 Å². The second-order valence-electron chi connectivity index (χ2n) is 4.94. The Morgan fingerprint density at radius 2 is 1.80 bits per heavy atom. The molecule has 1 unspecified atom stereocenters. The standard InChI is InChI=1S/C16H21N3O/c1-12(13-5-8-15(9-6-13)19(2)3)18-14-7-10-16(20-4)17-11-14/h5-12,18H,1-4H3. The van der Waals surface area contributed by atoms with Crippen LogP contribution in [-0.2, 0) is 0 Å². The molecule has 0 amide bonds. The van der Waals surface area contributed by atoms with Gasteiger partial charge in [-0.25, -0.2) is 4.98 Å². The van der Waals surface area contributed by atoms with Crippen molar-refractivity contribution in [3.05, 3.63) is 48.2 Å². The molecule has 0 aliphatic rings. The molecule has 0 radical (unpaired) electrons.